The molecule has 1 fully saturated rings. The molecule has 142 valence electrons. The molecule has 2 aromatic heterocycles. The average Bonchev–Trinajstić information content (AvgIpc) is 3.19. The largest absolute Gasteiger partial charge is 0.299 e. The summed E-state index contributed by atoms with van der Waals surface area (Å²) in [5.74, 6) is 0. The van der Waals surface area contributed by atoms with E-state index in [2.05, 4.69) is 14.6 Å². The fourth-order valence-corrected chi connectivity index (χ4v) is 6.06. The van der Waals surface area contributed by atoms with Crippen LogP contribution in [0.25, 0.3) is 10.9 Å². The van der Waals surface area contributed by atoms with Crippen LogP contribution in [0.5, 0.6) is 0 Å². The first-order valence-corrected chi connectivity index (χ1v) is 11.6. The number of pyridine rings is 1. The number of hydrogen-bond donors (Lipinski definition) is 1. The Morgan fingerprint density at radius 2 is 2.04 bits per heavy atom. The van der Waals surface area contributed by atoms with E-state index in [-0.39, 0.29) is 6.04 Å². The minimum Gasteiger partial charge on any atom is -0.299 e. The van der Waals surface area contributed by atoms with Crippen LogP contribution in [0.4, 0.5) is 0 Å². The highest BCUT2D eigenvalue weighted by Gasteiger charge is 2.25. The number of sulfonamides is 1. The Kier molecular flexibility index (Phi) is 5.48. The lowest BCUT2D eigenvalue weighted by atomic mass is 10.0. The zero-order chi connectivity index (χ0) is 18.9. The van der Waals surface area contributed by atoms with Crippen molar-refractivity contribution in [2.45, 2.75) is 29.6 Å². The molecule has 1 aliphatic heterocycles. The molecule has 4 rings (SSSR count). The van der Waals surface area contributed by atoms with Crippen molar-refractivity contribution in [3.8, 4) is 0 Å². The summed E-state index contributed by atoms with van der Waals surface area (Å²) in [4.78, 5) is 6.83. The zero-order valence-corrected chi connectivity index (χ0v) is 17.0. The van der Waals surface area contributed by atoms with E-state index < -0.39 is 10.0 Å². The Hall–Kier alpha value is -1.51. The number of piperidine rings is 1. The van der Waals surface area contributed by atoms with Crippen LogP contribution in [-0.2, 0) is 16.6 Å². The molecule has 3 aromatic rings. The van der Waals surface area contributed by atoms with Crippen LogP contribution in [0.15, 0.2) is 52.2 Å². The van der Waals surface area contributed by atoms with Gasteiger partial charge in [-0.2, -0.15) is 0 Å². The van der Waals surface area contributed by atoms with Crippen molar-refractivity contribution in [3.63, 3.8) is 0 Å². The number of nitrogens with zero attached hydrogens (tertiary/aromatic N) is 2. The monoisotopic (exact) mass is 421 g/mol. The molecule has 0 atom stereocenters. The van der Waals surface area contributed by atoms with Gasteiger partial charge >= 0.3 is 0 Å². The summed E-state index contributed by atoms with van der Waals surface area (Å²) in [5.41, 5.74) is 2.08. The molecule has 5 nitrogen and oxygen atoms in total. The van der Waals surface area contributed by atoms with E-state index in [0.717, 1.165) is 48.9 Å². The summed E-state index contributed by atoms with van der Waals surface area (Å²) in [6.45, 7) is 2.43. The highest BCUT2D eigenvalue weighted by molar-refractivity contribution is 7.91. The number of thiophene rings is 1. The molecule has 0 bridgehead atoms. The fourth-order valence-electron chi connectivity index (χ4n) is 3.49. The minimum atomic E-state index is -3.40. The standard InChI is InChI=1S/C19H20ClN3O2S2/c20-16-11-14-3-1-7-21-19(14)15(12-16)13-23-8-5-17(6-9-23)22-27(24,25)18-4-2-10-26-18/h1-4,7,10-12,17,22H,5-6,8-9,13H2. The molecule has 1 saturated heterocycles. The van der Waals surface area contributed by atoms with Gasteiger partial charge in [-0.15, -0.1) is 11.3 Å². The highest BCUT2D eigenvalue weighted by atomic mass is 35.5. The van der Waals surface area contributed by atoms with E-state index in [1.165, 1.54) is 11.3 Å². The molecule has 0 spiro atoms. The smallest absolute Gasteiger partial charge is 0.250 e. The van der Waals surface area contributed by atoms with E-state index in [0.29, 0.717) is 9.23 Å². The van der Waals surface area contributed by atoms with Crippen molar-refractivity contribution < 1.29 is 8.42 Å². The molecule has 8 heteroatoms. The van der Waals surface area contributed by atoms with Gasteiger partial charge in [0, 0.05) is 42.3 Å². The molecule has 1 aliphatic rings. The van der Waals surface area contributed by atoms with Gasteiger partial charge in [-0.25, -0.2) is 13.1 Å². The number of rotatable bonds is 5. The third kappa shape index (κ3) is 4.33. The van der Waals surface area contributed by atoms with E-state index in [4.69, 9.17) is 11.6 Å². The predicted molar refractivity (Wildman–Crippen MR) is 110 cm³/mol. The molecule has 1 aromatic carbocycles. The summed E-state index contributed by atoms with van der Waals surface area (Å²) in [5, 5.41) is 3.53. The Bertz CT molecular complexity index is 1030. The maximum atomic E-state index is 12.4. The zero-order valence-electron chi connectivity index (χ0n) is 14.6. The van der Waals surface area contributed by atoms with Crippen LogP contribution in [-0.4, -0.2) is 37.4 Å². The third-order valence-electron chi connectivity index (χ3n) is 4.81. The number of fused-ring (bicyclic) bond motifs is 1. The molecule has 0 amide bonds. The van der Waals surface area contributed by atoms with Crippen LogP contribution in [0.3, 0.4) is 0 Å². The second kappa shape index (κ2) is 7.85. The van der Waals surface area contributed by atoms with Gasteiger partial charge in [-0.1, -0.05) is 23.7 Å². The van der Waals surface area contributed by atoms with Crippen LogP contribution in [0, 0.1) is 0 Å². The van der Waals surface area contributed by atoms with Gasteiger partial charge in [0.1, 0.15) is 4.21 Å². The lowest BCUT2D eigenvalue weighted by molar-refractivity contribution is 0.200. The number of halogens is 1. The Morgan fingerprint density at radius 1 is 1.22 bits per heavy atom. The van der Waals surface area contributed by atoms with E-state index in [9.17, 15) is 8.42 Å². The van der Waals surface area contributed by atoms with Crippen LogP contribution >= 0.6 is 22.9 Å². The molecule has 0 radical (unpaired) electrons. The number of hydrogen-bond acceptors (Lipinski definition) is 5. The molecule has 1 N–H and O–H groups in total. The van der Waals surface area contributed by atoms with Crippen LogP contribution < -0.4 is 4.72 Å². The van der Waals surface area contributed by atoms with Crippen molar-refractivity contribution in [3.05, 3.63) is 58.6 Å². The second-order valence-corrected chi connectivity index (χ2v) is 10.1. The summed E-state index contributed by atoms with van der Waals surface area (Å²) in [6.07, 6.45) is 3.37. The summed E-state index contributed by atoms with van der Waals surface area (Å²) in [7, 11) is -3.40. The van der Waals surface area contributed by atoms with Crippen molar-refractivity contribution in [2.75, 3.05) is 13.1 Å². The van der Waals surface area contributed by atoms with Gasteiger partial charge in [0.2, 0.25) is 10.0 Å². The Labute approximate surface area is 168 Å². The first-order valence-electron chi connectivity index (χ1n) is 8.82. The SMILES string of the molecule is O=S(=O)(NC1CCN(Cc2cc(Cl)cc3cccnc23)CC1)c1cccs1. The van der Waals surface area contributed by atoms with Gasteiger partial charge < -0.3 is 0 Å². The molecule has 0 unspecified atom stereocenters. The summed E-state index contributed by atoms with van der Waals surface area (Å²) >= 11 is 7.51. The minimum absolute atomic E-state index is 0.0254. The van der Waals surface area contributed by atoms with Crippen molar-refractivity contribution in [1.82, 2.24) is 14.6 Å². The summed E-state index contributed by atoms with van der Waals surface area (Å²) in [6, 6.07) is 11.2. The number of likely N-dealkylation sites (tertiary alicyclic amines) is 1. The van der Waals surface area contributed by atoms with Crippen LogP contribution in [0.2, 0.25) is 5.02 Å². The Balaban J connectivity index is 1.40. The highest BCUT2D eigenvalue weighted by Crippen LogP contribution is 2.25. The quantitative estimate of drug-likeness (QED) is 0.678. The van der Waals surface area contributed by atoms with Crippen molar-refractivity contribution in [1.29, 1.82) is 0 Å². The topological polar surface area (TPSA) is 62.3 Å². The van der Waals surface area contributed by atoms with E-state index >= 15 is 0 Å². The molecular formula is C19H20ClN3O2S2. The molecule has 0 aliphatic carbocycles. The third-order valence-corrected chi connectivity index (χ3v) is 7.95. The Morgan fingerprint density at radius 3 is 2.78 bits per heavy atom. The van der Waals surface area contributed by atoms with E-state index in [1.807, 2.05) is 24.3 Å². The first-order chi connectivity index (χ1) is 13.0. The summed E-state index contributed by atoms with van der Waals surface area (Å²) < 4.78 is 28.0. The van der Waals surface area contributed by atoms with Crippen molar-refractivity contribution in [2.24, 2.45) is 0 Å². The van der Waals surface area contributed by atoms with Crippen LogP contribution in [0.1, 0.15) is 18.4 Å². The van der Waals surface area contributed by atoms with Gasteiger partial charge in [0.25, 0.3) is 0 Å². The van der Waals surface area contributed by atoms with Gasteiger partial charge in [0.05, 0.1) is 5.52 Å². The number of benzene rings is 1. The lowest BCUT2D eigenvalue weighted by Gasteiger charge is -2.32. The number of aromatic nitrogens is 1. The van der Waals surface area contributed by atoms with Gasteiger partial charge in [0.15, 0.2) is 0 Å². The molecule has 3 heterocycles. The van der Waals surface area contributed by atoms with Gasteiger partial charge in [-0.05, 0) is 48.1 Å². The molecule has 0 saturated carbocycles. The lowest BCUT2D eigenvalue weighted by Crippen LogP contribution is -2.44. The maximum absolute atomic E-state index is 12.4. The van der Waals surface area contributed by atoms with E-state index in [1.54, 1.807) is 23.7 Å². The van der Waals surface area contributed by atoms with Crippen molar-refractivity contribution >= 4 is 43.9 Å². The fraction of sp³-hybridized carbons (Fsp3) is 0.316. The molecular weight excluding hydrogens is 402 g/mol. The van der Waals surface area contributed by atoms with Gasteiger partial charge in [-0.3, -0.25) is 9.88 Å². The maximum Gasteiger partial charge on any atom is 0.250 e. The predicted octanol–water partition coefficient (Wildman–Crippen LogP) is 3.89. The second-order valence-electron chi connectivity index (χ2n) is 6.74. The number of nitrogens with one attached hydrogen (secondary N) is 1. The normalized spacial score (nSPS) is 16.8. The molecule has 27 heavy (non-hydrogen) atoms. The first kappa shape index (κ1) is 18.8. The average molecular weight is 422 g/mol.